The number of carbonyl (C=O) groups is 2. The zero-order valence-corrected chi connectivity index (χ0v) is 12.8. The predicted molar refractivity (Wildman–Crippen MR) is 81.2 cm³/mol. The minimum Gasteiger partial charge on any atom is -0.368 e. The van der Waals surface area contributed by atoms with Crippen molar-refractivity contribution in [2.75, 3.05) is 25.5 Å². The van der Waals surface area contributed by atoms with E-state index in [4.69, 9.17) is 4.74 Å². The number of carbonyl (C=O) groups excluding carboxylic acids is 2. The molecule has 5 heteroatoms. The van der Waals surface area contributed by atoms with Crippen molar-refractivity contribution in [1.29, 1.82) is 0 Å². The Hall–Kier alpha value is -1.88. The number of ether oxygens (including phenoxy) is 1. The molecule has 2 amide bonds. The standard InChI is InChI=1S/C16H22N2O3/c1-11-6-7-12(2)13(9-11)17-15(19)10-18(3)16(20)14-5-4-8-21-14/h6-7,9,14H,4-5,8,10H2,1-3H3,(H,17,19). The summed E-state index contributed by atoms with van der Waals surface area (Å²) < 4.78 is 5.35. The van der Waals surface area contributed by atoms with Gasteiger partial charge in [-0.1, -0.05) is 12.1 Å². The van der Waals surface area contributed by atoms with E-state index in [2.05, 4.69) is 5.32 Å². The molecule has 21 heavy (non-hydrogen) atoms. The average molecular weight is 290 g/mol. The number of amides is 2. The van der Waals surface area contributed by atoms with Gasteiger partial charge in [-0.3, -0.25) is 9.59 Å². The Morgan fingerprint density at radius 2 is 2.14 bits per heavy atom. The smallest absolute Gasteiger partial charge is 0.251 e. The molecule has 1 heterocycles. The Balaban J connectivity index is 1.91. The molecule has 1 aliphatic heterocycles. The number of nitrogens with one attached hydrogen (secondary N) is 1. The maximum Gasteiger partial charge on any atom is 0.251 e. The van der Waals surface area contributed by atoms with Crippen molar-refractivity contribution < 1.29 is 14.3 Å². The first-order valence-electron chi connectivity index (χ1n) is 7.21. The van der Waals surface area contributed by atoms with Crippen LogP contribution in [0.3, 0.4) is 0 Å². The van der Waals surface area contributed by atoms with Crippen LogP contribution in [0.4, 0.5) is 5.69 Å². The Labute approximate surface area is 125 Å². The molecule has 1 N–H and O–H groups in total. The maximum atomic E-state index is 12.1. The van der Waals surface area contributed by atoms with E-state index in [0.717, 1.165) is 29.7 Å². The molecule has 1 aliphatic rings. The van der Waals surface area contributed by atoms with Crippen molar-refractivity contribution in [2.45, 2.75) is 32.8 Å². The monoisotopic (exact) mass is 290 g/mol. The fourth-order valence-corrected chi connectivity index (χ4v) is 2.37. The van der Waals surface area contributed by atoms with Gasteiger partial charge in [0.2, 0.25) is 5.91 Å². The SMILES string of the molecule is Cc1ccc(C)c(NC(=O)CN(C)C(=O)C2CCCO2)c1. The third-order valence-corrected chi connectivity index (χ3v) is 3.63. The number of anilines is 1. The van der Waals surface area contributed by atoms with Crippen LogP contribution in [-0.2, 0) is 14.3 Å². The van der Waals surface area contributed by atoms with Crippen molar-refractivity contribution >= 4 is 17.5 Å². The lowest BCUT2D eigenvalue weighted by atomic mass is 10.1. The molecule has 1 fully saturated rings. The Morgan fingerprint density at radius 3 is 2.81 bits per heavy atom. The van der Waals surface area contributed by atoms with Crippen molar-refractivity contribution in [2.24, 2.45) is 0 Å². The predicted octanol–water partition coefficient (Wildman–Crippen LogP) is 1.88. The minimum absolute atomic E-state index is 0.0338. The molecule has 0 spiro atoms. The zero-order valence-electron chi connectivity index (χ0n) is 12.8. The molecule has 0 aliphatic carbocycles. The number of hydrogen-bond acceptors (Lipinski definition) is 3. The maximum absolute atomic E-state index is 12.1. The molecule has 0 saturated carbocycles. The van der Waals surface area contributed by atoms with Crippen molar-refractivity contribution in [3.63, 3.8) is 0 Å². The van der Waals surface area contributed by atoms with Crippen molar-refractivity contribution in [3.8, 4) is 0 Å². The van der Waals surface area contributed by atoms with Gasteiger partial charge in [0.05, 0.1) is 6.54 Å². The van der Waals surface area contributed by atoms with E-state index < -0.39 is 0 Å². The molecule has 1 aromatic carbocycles. The topological polar surface area (TPSA) is 58.6 Å². The summed E-state index contributed by atoms with van der Waals surface area (Å²) in [6.07, 6.45) is 1.25. The second-order valence-corrected chi connectivity index (χ2v) is 5.56. The van der Waals surface area contributed by atoms with Gasteiger partial charge in [0.1, 0.15) is 6.10 Å². The van der Waals surface area contributed by atoms with Gasteiger partial charge in [0.25, 0.3) is 5.91 Å². The largest absolute Gasteiger partial charge is 0.368 e. The molecule has 0 radical (unpaired) electrons. The second-order valence-electron chi connectivity index (χ2n) is 5.56. The van der Waals surface area contributed by atoms with Gasteiger partial charge >= 0.3 is 0 Å². The summed E-state index contributed by atoms with van der Waals surface area (Å²) in [5, 5.41) is 2.85. The summed E-state index contributed by atoms with van der Waals surface area (Å²) in [4.78, 5) is 25.6. The lowest BCUT2D eigenvalue weighted by Gasteiger charge is -2.20. The van der Waals surface area contributed by atoms with Gasteiger partial charge in [-0.2, -0.15) is 0 Å². The first-order valence-corrected chi connectivity index (χ1v) is 7.21. The second kappa shape index (κ2) is 6.72. The molecule has 2 rings (SSSR count). The number of hydrogen-bond donors (Lipinski definition) is 1. The summed E-state index contributed by atoms with van der Waals surface area (Å²) >= 11 is 0. The van der Waals surface area contributed by atoms with Crippen LogP contribution in [0.15, 0.2) is 18.2 Å². The highest BCUT2D eigenvalue weighted by molar-refractivity contribution is 5.95. The molecule has 0 bridgehead atoms. The highest BCUT2D eigenvalue weighted by Gasteiger charge is 2.27. The Kier molecular flexibility index (Phi) is 4.96. The number of benzene rings is 1. The molecule has 1 aromatic rings. The number of nitrogens with zero attached hydrogens (tertiary/aromatic N) is 1. The average Bonchev–Trinajstić information content (AvgIpc) is 2.96. The molecule has 1 atom stereocenters. The molecule has 0 aromatic heterocycles. The summed E-state index contributed by atoms with van der Waals surface area (Å²) in [7, 11) is 1.63. The Morgan fingerprint density at radius 1 is 1.38 bits per heavy atom. The van der Waals surface area contributed by atoms with E-state index in [1.807, 2.05) is 32.0 Å². The van der Waals surface area contributed by atoms with E-state index in [0.29, 0.717) is 6.61 Å². The quantitative estimate of drug-likeness (QED) is 0.921. The van der Waals surface area contributed by atoms with E-state index in [1.54, 1.807) is 7.05 Å². The molecular formula is C16H22N2O3. The summed E-state index contributed by atoms with van der Waals surface area (Å²) in [5.74, 6) is -0.318. The van der Waals surface area contributed by atoms with Gasteiger partial charge < -0.3 is 15.0 Å². The molecule has 114 valence electrons. The van der Waals surface area contributed by atoms with Gasteiger partial charge in [-0.05, 0) is 43.9 Å². The fourth-order valence-electron chi connectivity index (χ4n) is 2.37. The van der Waals surface area contributed by atoms with Crippen molar-refractivity contribution in [3.05, 3.63) is 29.3 Å². The van der Waals surface area contributed by atoms with Crippen LogP contribution < -0.4 is 5.32 Å². The Bertz CT molecular complexity index is 536. The van der Waals surface area contributed by atoms with Gasteiger partial charge in [-0.15, -0.1) is 0 Å². The lowest BCUT2D eigenvalue weighted by Crippen LogP contribution is -2.40. The minimum atomic E-state index is -0.386. The van der Waals surface area contributed by atoms with Gasteiger partial charge in [-0.25, -0.2) is 0 Å². The number of aryl methyl sites for hydroxylation is 2. The summed E-state index contributed by atoms with van der Waals surface area (Å²) in [6.45, 7) is 4.57. The van der Waals surface area contributed by atoms with Crippen LogP contribution >= 0.6 is 0 Å². The third-order valence-electron chi connectivity index (χ3n) is 3.63. The normalized spacial score (nSPS) is 17.6. The third kappa shape index (κ3) is 4.04. The van der Waals surface area contributed by atoms with Crippen LogP contribution in [-0.4, -0.2) is 43.0 Å². The van der Waals surface area contributed by atoms with Gasteiger partial charge in [0, 0.05) is 19.3 Å². The van der Waals surface area contributed by atoms with Crippen LogP contribution in [0.5, 0.6) is 0 Å². The zero-order chi connectivity index (χ0) is 15.4. The van der Waals surface area contributed by atoms with E-state index in [9.17, 15) is 9.59 Å². The van der Waals surface area contributed by atoms with Crippen LogP contribution in [0, 0.1) is 13.8 Å². The van der Waals surface area contributed by atoms with Crippen LogP contribution in [0.2, 0.25) is 0 Å². The number of likely N-dealkylation sites (N-methyl/N-ethyl adjacent to an activating group) is 1. The molecular weight excluding hydrogens is 268 g/mol. The van der Waals surface area contributed by atoms with Crippen molar-refractivity contribution in [1.82, 2.24) is 4.90 Å². The van der Waals surface area contributed by atoms with Gasteiger partial charge in [0.15, 0.2) is 0 Å². The highest BCUT2D eigenvalue weighted by Crippen LogP contribution is 2.17. The van der Waals surface area contributed by atoms with Crippen LogP contribution in [0.1, 0.15) is 24.0 Å². The first kappa shape index (κ1) is 15.5. The van der Waals surface area contributed by atoms with E-state index in [1.165, 1.54) is 4.90 Å². The van der Waals surface area contributed by atoms with Crippen LogP contribution in [0.25, 0.3) is 0 Å². The molecule has 1 unspecified atom stereocenters. The molecule has 5 nitrogen and oxygen atoms in total. The fraction of sp³-hybridized carbons (Fsp3) is 0.500. The highest BCUT2D eigenvalue weighted by atomic mass is 16.5. The first-order chi connectivity index (χ1) is 9.97. The summed E-state index contributed by atoms with van der Waals surface area (Å²) in [5.41, 5.74) is 2.87. The lowest BCUT2D eigenvalue weighted by molar-refractivity contribution is -0.141. The molecule has 1 saturated heterocycles. The number of rotatable bonds is 4. The van der Waals surface area contributed by atoms with E-state index in [-0.39, 0.29) is 24.5 Å². The summed E-state index contributed by atoms with van der Waals surface area (Å²) in [6, 6.07) is 5.89. The van der Waals surface area contributed by atoms with E-state index >= 15 is 0 Å².